The van der Waals surface area contributed by atoms with Crippen molar-refractivity contribution in [3.05, 3.63) is 0 Å². The van der Waals surface area contributed by atoms with Crippen molar-refractivity contribution < 1.29 is 13.5 Å². The molecule has 0 aromatic heterocycles. The predicted octanol–water partition coefficient (Wildman–Crippen LogP) is 0.704. The van der Waals surface area contributed by atoms with Gasteiger partial charge in [-0.2, -0.15) is 0 Å². The number of nitrogens with one attached hydrogen (secondary N) is 1. The highest BCUT2D eigenvalue weighted by atomic mass is 32.2. The van der Waals surface area contributed by atoms with Crippen LogP contribution in [0.1, 0.15) is 39.5 Å². The van der Waals surface area contributed by atoms with Crippen LogP contribution in [0.2, 0.25) is 0 Å². The first-order valence-electron chi connectivity index (χ1n) is 6.08. The van der Waals surface area contributed by atoms with E-state index in [9.17, 15) is 13.5 Å². The van der Waals surface area contributed by atoms with Crippen LogP contribution in [0, 0.1) is 0 Å². The Labute approximate surface area is 98.4 Å². The summed E-state index contributed by atoms with van der Waals surface area (Å²) in [6, 6.07) is 0. The van der Waals surface area contributed by atoms with Crippen LogP contribution in [0.3, 0.4) is 0 Å². The molecule has 1 aliphatic rings. The highest BCUT2D eigenvalue weighted by Crippen LogP contribution is 2.19. The third-order valence-electron chi connectivity index (χ3n) is 3.61. The zero-order valence-electron chi connectivity index (χ0n) is 10.2. The van der Waals surface area contributed by atoms with Gasteiger partial charge >= 0.3 is 0 Å². The molecule has 0 radical (unpaired) electrons. The number of rotatable bonds is 6. The van der Waals surface area contributed by atoms with Gasteiger partial charge in [0.1, 0.15) is 0 Å². The van der Waals surface area contributed by atoms with E-state index in [1.807, 2.05) is 13.8 Å². The summed E-state index contributed by atoms with van der Waals surface area (Å²) in [6.07, 6.45) is 2.91. The normalized spacial score (nSPS) is 24.8. The fourth-order valence-electron chi connectivity index (χ4n) is 2.05. The zero-order valence-corrected chi connectivity index (χ0v) is 11.0. The Morgan fingerprint density at radius 2 is 2.00 bits per heavy atom. The number of hydrogen-bond acceptors (Lipinski definition) is 4. The van der Waals surface area contributed by atoms with Crippen molar-refractivity contribution in [1.29, 1.82) is 0 Å². The first-order chi connectivity index (χ1) is 7.43. The quantitative estimate of drug-likeness (QED) is 0.727. The molecule has 1 fully saturated rings. The molecule has 4 nitrogen and oxygen atoms in total. The van der Waals surface area contributed by atoms with Gasteiger partial charge in [0.15, 0.2) is 9.84 Å². The standard InChI is InChI=1S/C11H23NO3S/c1-3-11(13,4-2)9-12-8-10-6-5-7-16(10,14)15/h10,12-13H,3-9H2,1-2H3. The number of hydrogen-bond donors (Lipinski definition) is 2. The molecule has 16 heavy (non-hydrogen) atoms. The average Bonchev–Trinajstić information content (AvgIpc) is 2.58. The van der Waals surface area contributed by atoms with Gasteiger partial charge < -0.3 is 10.4 Å². The third-order valence-corrected chi connectivity index (χ3v) is 5.88. The zero-order chi connectivity index (χ0) is 12.2. The summed E-state index contributed by atoms with van der Waals surface area (Å²) in [6.45, 7) is 4.84. The lowest BCUT2D eigenvalue weighted by atomic mass is 9.97. The van der Waals surface area contributed by atoms with Crippen LogP contribution < -0.4 is 5.32 Å². The van der Waals surface area contributed by atoms with Crippen LogP contribution in [0.4, 0.5) is 0 Å². The van der Waals surface area contributed by atoms with Gasteiger partial charge in [0.05, 0.1) is 16.6 Å². The van der Waals surface area contributed by atoms with E-state index in [-0.39, 0.29) is 5.25 Å². The van der Waals surface area contributed by atoms with Gasteiger partial charge in [-0.1, -0.05) is 13.8 Å². The minimum absolute atomic E-state index is 0.245. The summed E-state index contributed by atoms with van der Waals surface area (Å²) >= 11 is 0. The van der Waals surface area contributed by atoms with E-state index in [1.165, 1.54) is 0 Å². The van der Waals surface area contributed by atoms with Crippen LogP contribution in [0.15, 0.2) is 0 Å². The molecule has 1 aliphatic heterocycles. The van der Waals surface area contributed by atoms with E-state index in [0.717, 1.165) is 12.8 Å². The first kappa shape index (κ1) is 13.9. The Hall–Kier alpha value is -0.130. The van der Waals surface area contributed by atoms with Gasteiger partial charge in [-0.05, 0) is 25.7 Å². The Morgan fingerprint density at radius 3 is 2.44 bits per heavy atom. The van der Waals surface area contributed by atoms with Gasteiger partial charge in [-0.15, -0.1) is 0 Å². The summed E-state index contributed by atoms with van der Waals surface area (Å²) < 4.78 is 23.1. The maximum absolute atomic E-state index is 11.6. The highest BCUT2D eigenvalue weighted by molar-refractivity contribution is 7.92. The molecule has 5 heteroatoms. The van der Waals surface area contributed by atoms with E-state index in [1.54, 1.807) is 0 Å². The number of sulfone groups is 1. The summed E-state index contributed by atoms with van der Waals surface area (Å²) in [5.74, 6) is 0.325. The van der Waals surface area contributed by atoms with Crippen LogP contribution in [0.5, 0.6) is 0 Å². The molecule has 0 amide bonds. The van der Waals surface area contributed by atoms with Crippen LogP contribution in [-0.2, 0) is 9.84 Å². The Bertz CT molecular complexity index is 309. The average molecular weight is 249 g/mol. The second kappa shape index (κ2) is 5.47. The third kappa shape index (κ3) is 3.43. The largest absolute Gasteiger partial charge is 0.389 e. The molecule has 1 atom stereocenters. The van der Waals surface area contributed by atoms with Crippen molar-refractivity contribution in [2.45, 2.75) is 50.4 Å². The monoisotopic (exact) mass is 249 g/mol. The lowest BCUT2D eigenvalue weighted by molar-refractivity contribution is 0.0328. The second-order valence-electron chi connectivity index (χ2n) is 4.69. The van der Waals surface area contributed by atoms with E-state index in [0.29, 0.717) is 31.7 Å². The molecule has 1 unspecified atom stereocenters. The maximum Gasteiger partial charge on any atom is 0.154 e. The van der Waals surface area contributed by atoms with Gasteiger partial charge in [0.25, 0.3) is 0 Å². The fourth-order valence-corrected chi connectivity index (χ4v) is 3.85. The van der Waals surface area contributed by atoms with E-state index in [2.05, 4.69) is 5.32 Å². The molecular formula is C11H23NO3S. The van der Waals surface area contributed by atoms with Crippen LogP contribution >= 0.6 is 0 Å². The summed E-state index contributed by atoms with van der Waals surface area (Å²) in [4.78, 5) is 0. The Balaban J connectivity index is 2.36. The Morgan fingerprint density at radius 1 is 1.38 bits per heavy atom. The van der Waals surface area contributed by atoms with E-state index in [4.69, 9.17) is 0 Å². The smallest absolute Gasteiger partial charge is 0.154 e. The van der Waals surface area contributed by atoms with Crippen molar-refractivity contribution in [2.75, 3.05) is 18.8 Å². The molecule has 1 rings (SSSR count). The van der Waals surface area contributed by atoms with Crippen molar-refractivity contribution >= 4 is 9.84 Å². The van der Waals surface area contributed by atoms with Crippen molar-refractivity contribution in [1.82, 2.24) is 5.32 Å². The summed E-state index contributed by atoms with van der Waals surface area (Å²) in [7, 11) is -2.86. The molecular weight excluding hydrogens is 226 g/mol. The van der Waals surface area contributed by atoms with Crippen LogP contribution in [-0.4, -0.2) is 43.2 Å². The molecule has 0 spiro atoms. The van der Waals surface area contributed by atoms with Gasteiger partial charge in [0, 0.05) is 13.1 Å². The molecule has 0 aromatic rings. The van der Waals surface area contributed by atoms with E-state index < -0.39 is 15.4 Å². The lowest BCUT2D eigenvalue weighted by Crippen LogP contribution is -2.42. The highest BCUT2D eigenvalue weighted by Gasteiger charge is 2.31. The fraction of sp³-hybridized carbons (Fsp3) is 1.00. The second-order valence-corrected chi connectivity index (χ2v) is 7.09. The van der Waals surface area contributed by atoms with Gasteiger partial charge in [-0.25, -0.2) is 8.42 Å². The van der Waals surface area contributed by atoms with Crippen molar-refractivity contribution in [3.8, 4) is 0 Å². The molecule has 1 saturated heterocycles. The minimum Gasteiger partial charge on any atom is -0.389 e. The molecule has 0 bridgehead atoms. The molecule has 0 aromatic carbocycles. The van der Waals surface area contributed by atoms with Crippen molar-refractivity contribution in [3.63, 3.8) is 0 Å². The van der Waals surface area contributed by atoms with Crippen LogP contribution in [0.25, 0.3) is 0 Å². The molecule has 0 saturated carbocycles. The van der Waals surface area contributed by atoms with E-state index >= 15 is 0 Å². The molecule has 96 valence electrons. The molecule has 2 N–H and O–H groups in total. The Kier molecular flexibility index (Phi) is 4.76. The number of aliphatic hydroxyl groups is 1. The van der Waals surface area contributed by atoms with Crippen molar-refractivity contribution in [2.24, 2.45) is 0 Å². The molecule has 1 heterocycles. The first-order valence-corrected chi connectivity index (χ1v) is 7.80. The SMILES string of the molecule is CCC(O)(CC)CNCC1CCCS1(=O)=O. The van der Waals surface area contributed by atoms with Gasteiger partial charge in [0.2, 0.25) is 0 Å². The predicted molar refractivity (Wildman–Crippen MR) is 65.2 cm³/mol. The maximum atomic E-state index is 11.6. The lowest BCUT2D eigenvalue weighted by Gasteiger charge is -2.26. The minimum atomic E-state index is -2.86. The van der Waals surface area contributed by atoms with Gasteiger partial charge in [-0.3, -0.25) is 0 Å². The summed E-state index contributed by atoms with van der Waals surface area (Å²) in [5, 5.41) is 12.9. The molecule has 0 aliphatic carbocycles. The topological polar surface area (TPSA) is 66.4 Å². The summed E-state index contributed by atoms with van der Waals surface area (Å²) in [5.41, 5.74) is -0.692.